The van der Waals surface area contributed by atoms with Crippen LogP contribution in [0.1, 0.15) is 25.3 Å². The molecule has 0 spiro atoms. The molecule has 1 heterocycles. The number of unbranched alkanes of at least 4 members (excludes halogenated alkanes) is 1. The lowest BCUT2D eigenvalue weighted by molar-refractivity contribution is 0.355. The molecule has 0 atom stereocenters. The second-order valence-corrected chi connectivity index (χ2v) is 7.81. The van der Waals surface area contributed by atoms with Crippen molar-refractivity contribution in [3.63, 3.8) is 0 Å². The summed E-state index contributed by atoms with van der Waals surface area (Å²) in [5, 5.41) is 1.69. The van der Waals surface area contributed by atoms with E-state index < -0.39 is 0 Å². The van der Waals surface area contributed by atoms with Crippen LogP contribution in [0, 0.1) is 0 Å². The van der Waals surface area contributed by atoms with Crippen molar-refractivity contribution in [2.75, 3.05) is 21.3 Å². The Morgan fingerprint density at radius 3 is 2.27 bits per heavy atom. The van der Waals surface area contributed by atoms with Crippen LogP contribution in [0.3, 0.4) is 0 Å². The summed E-state index contributed by atoms with van der Waals surface area (Å²) in [6, 6.07) is 21.9. The van der Waals surface area contributed by atoms with E-state index in [9.17, 15) is 0 Å². The van der Waals surface area contributed by atoms with Crippen LogP contribution in [0.5, 0.6) is 17.2 Å². The minimum absolute atomic E-state index is 0.640. The minimum Gasteiger partial charge on any atom is -0.497 e. The van der Waals surface area contributed by atoms with Crippen molar-refractivity contribution in [1.29, 1.82) is 0 Å². The van der Waals surface area contributed by atoms with E-state index >= 15 is 0 Å². The van der Waals surface area contributed by atoms with Crippen molar-refractivity contribution < 1.29 is 18.6 Å². The van der Waals surface area contributed by atoms with Crippen LogP contribution in [0.15, 0.2) is 76.1 Å². The van der Waals surface area contributed by atoms with E-state index in [1.807, 2.05) is 42.5 Å². The van der Waals surface area contributed by atoms with Crippen LogP contribution in [-0.4, -0.2) is 21.3 Å². The molecule has 0 radical (unpaired) electrons. The molecule has 3 aromatic carbocycles. The van der Waals surface area contributed by atoms with Gasteiger partial charge in [0.25, 0.3) is 0 Å². The lowest BCUT2D eigenvalue weighted by Gasteiger charge is -2.10. The van der Waals surface area contributed by atoms with Gasteiger partial charge < -0.3 is 18.6 Å². The molecule has 5 nitrogen and oxygen atoms in total. The van der Waals surface area contributed by atoms with E-state index in [0.717, 1.165) is 39.7 Å². The Morgan fingerprint density at radius 1 is 0.788 bits per heavy atom. The fourth-order valence-electron chi connectivity index (χ4n) is 3.76. The number of fused-ring (bicyclic) bond motifs is 1. The van der Waals surface area contributed by atoms with Gasteiger partial charge in [-0.25, -0.2) is 4.99 Å². The summed E-state index contributed by atoms with van der Waals surface area (Å²) in [5.74, 6) is 2.75. The molecule has 0 unspecified atom stereocenters. The molecule has 4 aromatic rings. The quantitative estimate of drug-likeness (QED) is 0.304. The number of benzene rings is 3. The molecule has 0 aliphatic rings. The summed E-state index contributed by atoms with van der Waals surface area (Å²) in [4.78, 5) is 4.96. The summed E-state index contributed by atoms with van der Waals surface area (Å²) in [5.41, 5.74) is 3.82. The van der Waals surface area contributed by atoms with Crippen LogP contribution in [0.2, 0.25) is 0 Å². The fourth-order valence-corrected chi connectivity index (χ4v) is 3.76. The zero-order valence-corrected chi connectivity index (χ0v) is 19.6. The Bertz CT molecular complexity index is 1310. The zero-order chi connectivity index (χ0) is 23.2. The summed E-state index contributed by atoms with van der Waals surface area (Å²) in [7, 11) is 4.90. The Morgan fingerprint density at radius 2 is 1.58 bits per heavy atom. The van der Waals surface area contributed by atoms with E-state index in [-0.39, 0.29) is 0 Å². The summed E-state index contributed by atoms with van der Waals surface area (Å²) in [6.45, 7) is 2.21. The van der Waals surface area contributed by atoms with Gasteiger partial charge in [-0.15, -0.1) is 0 Å². The number of nitrogens with zero attached hydrogens (tertiary/aromatic N) is 1. The first-order valence-corrected chi connectivity index (χ1v) is 11.1. The Hall–Kier alpha value is -3.73. The average Bonchev–Trinajstić information content (AvgIpc) is 2.87. The topological polar surface area (TPSA) is 53.2 Å². The van der Waals surface area contributed by atoms with Crippen LogP contribution >= 0.6 is 0 Å². The van der Waals surface area contributed by atoms with Crippen molar-refractivity contribution in [3.05, 3.63) is 77.7 Å². The highest BCUT2D eigenvalue weighted by atomic mass is 16.5. The Kier molecular flexibility index (Phi) is 6.98. The third-order valence-electron chi connectivity index (χ3n) is 5.62. The molecule has 0 saturated heterocycles. The minimum atomic E-state index is 0.640. The molecule has 5 heteroatoms. The van der Waals surface area contributed by atoms with Crippen molar-refractivity contribution >= 4 is 16.7 Å². The van der Waals surface area contributed by atoms with E-state index in [4.69, 9.17) is 23.6 Å². The molecular weight excluding hydrogens is 414 g/mol. The largest absolute Gasteiger partial charge is 0.497 e. The van der Waals surface area contributed by atoms with Crippen LogP contribution < -0.4 is 19.6 Å². The molecule has 0 saturated carbocycles. The van der Waals surface area contributed by atoms with Crippen molar-refractivity contribution in [1.82, 2.24) is 0 Å². The van der Waals surface area contributed by atoms with Gasteiger partial charge in [-0.1, -0.05) is 25.5 Å². The van der Waals surface area contributed by atoms with E-state index in [1.165, 1.54) is 18.4 Å². The number of hydrogen-bond donors (Lipinski definition) is 0. The van der Waals surface area contributed by atoms with Gasteiger partial charge in [0.05, 0.1) is 32.4 Å². The smallest absolute Gasteiger partial charge is 0.161 e. The number of hydrogen-bond acceptors (Lipinski definition) is 5. The first-order chi connectivity index (χ1) is 16.1. The highest BCUT2D eigenvalue weighted by Gasteiger charge is 2.11. The van der Waals surface area contributed by atoms with Crippen LogP contribution in [0.4, 0.5) is 5.69 Å². The molecule has 0 bridgehead atoms. The highest BCUT2D eigenvalue weighted by Crippen LogP contribution is 2.33. The van der Waals surface area contributed by atoms with Gasteiger partial charge in [0.1, 0.15) is 17.1 Å². The molecular formula is C28H29NO4. The monoisotopic (exact) mass is 443 g/mol. The number of ether oxygens (including phenoxy) is 3. The predicted octanol–water partition coefficient (Wildman–Crippen LogP) is 6.70. The number of methoxy groups -OCH3 is 3. The number of rotatable bonds is 8. The lowest BCUT2D eigenvalue weighted by Crippen LogP contribution is -2.04. The van der Waals surface area contributed by atoms with Gasteiger partial charge in [0, 0.05) is 17.0 Å². The van der Waals surface area contributed by atoms with Gasteiger partial charge >= 0.3 is 0 Å². The first kappa shape index (κ1) is 22.5. The summed E-state index contributed by atoms with van der Waals surface area (Å²) >= 11 is 0. The first-order valence-electron chi connectivity index (χ1n) is 11.1. The van der Waals surface area contributed by atoms with Crippen molar-refractivity contribution in [2.24, 2.45) is 4.99 Å². The van der Waals surface area contributed by atoms with Gasteiger partial charge in [-0.2, -0.15) is 0 Å². The van der Waals surface area contributed by atoms with Crippen LogP contribution in [0.25, 0.3) is 22.3 Å². The SMILES string of the molecule is CCCCc1ccc(N=c2cc(-c3ccc(OC)c(OC)c3)oc3ccc(OC)cc23)cc1. The predicted molar refractivity (Wildman–Crippen MR) is 132 cm³/mol. The lowest BCUT2D eigenvalue weighted by atomic mass is 10.1. The maximum absolute atomic E-state index is 6.25. The van der Waals surface area contributed by atoms with Gasteiger partial charge in [0.2, 0.25) is 0 Å². The summed E-state index contributed by atoms with van der Waals surface area (Å²) < 4.78 is 22.5. The second kappa shape index (κ2) is 10.3. The Labute approximate surface area is 194 Å². The highest BCUT2D eigenvalue weighted by molar-refractivity contribution is 5.80. The molecule has 0 N–H and O–H groups in total. The Balaban J connectivity index is 1.86. The zero-order valence-electron chi connectivity index (χ0n) is 19.6. The van der Waals surface area contributed by atoms with E-state index in [0.29, 0.717) is 17.3 Å². The molecule has 0 fully saturated rings. The van der Waals surface area contributed by atoms with Crippen molar-refractivity contribution in [3.8, 4) is 28.6 Å². The van der Waals surface area contributed by atoms with Crippen LogP contribution in [-0.2, 0) is 6.42 Å². The fraction of sp³-hybridized carbons (Fsp3) is 0.250. The molecule has 0 amide bonds. The molecule has 4 rings (SSSR count). The molecule has 170 valence electrons. The van der Waals surface area contributed by atoms with Gasteiger partial charge in [-0.05, 0) is 66.9 Å². The standard InChI is InChI=1S/C28H29NO4/c1-5-6-7-19-8-11-21(12-9-19)29-24-18-27(20-10-14-26(31-3)28(16-20)32-4)33-25-15-13-22(30-2)17-23(24)25/h8-18H,5-7H2,1-4H3. The third-order valence-corrected chi connectivity index (χ3v) is 5.62. The molecule has 33 heavy (non-hydrogen) atoms. The third kappa shape index (κ3) is 5.03. The van der Waals surface area contributed by atoms with E-state index in [1.54, 1.807) is 21.3 Å². The summed E-state index contributed by atoms with van der Waals surface area (Å²) in [6.07, 6.45) is 3.47. The number of aryl methyl sites for hydroxylation is 1. The maximum atomic E-state index is 6.25. The average molecular weight is 444 g/mol. The molecule has 0 aliphatic carbocycles. The molecule has 1 aromatic heterocycles. The van der Waals surface area contributed by atoms with E-state index in [2.05, 4.69) is 31.2 Å². The van der Waals surface area contributed by atoms with Crippen molar-refractivity contribution in [2.45, 2.75) is 26.2 Å². The molecule has 0 aliphatic heterocycles. The maximum Gasteiger partial charge on any atom is 0.161 e. The van der Waals surface area contributed by atoms with Gasteiger partial charge in [-0.3, -0.25) is 0 Å². The van der Waals surface area contributed by atoms with Gasteiger partial charge in [0.15, 0.2) is 11.5 Å². The second-order valence-electron chi connectivity index (χ2n) is 7.81. The normalized spacial score (nSPS) is 11.6.